The van der Waals surface area contributed by atoms with E-state index >= 15 is 0 Å². The van der Waals surface area contributed by atoms with Gasteiger partial charge in [-0.25, -0.2) is 13.1 Å². The number of nitrogens with zero attached hydrogens (tertiary/aromatic N) is 1. The van der Waals surface area contributed by atoms with Crippen LogP contribution in [-0.4, -0.2) is 32.1 Å². The molecule has 1 fully saturated rings. The Bertz CT molecular complexity index is 655. The highest BCUT2D eigenvalue weighted by molar-refractivity contribution is 7.89. The molecule has 1 saturated heterocycles. The summed E-state index contributed by atoms with van der Waals surface area (Å²) in [4.78, 5) is 9.84. The van der Waals surface area contributed by atoms with Gasteiger partial charge < -0.3 is 10.2 Å². The predicted molar refractivity (Wildman–Crippen MR) is 75.1 cm³/mol. The zero-order valence-electron chi connectivity index (χ0n) is 11.3. The molecule has 1 aromatic carbocycles. The molecule has 10 heteroatoms. The predicted octanol–water partition coefficient (Wildman–Crippen LogP) is 0.338. The monoisotopic (exact) mass is 316 g/mol. The third kappa shape index (κ3) is 3.29. The lowest BCUT2D eigenvalue weighted by atomic mass is 10.0. The molecule has 21 heavy (non-hydrogen) atoms. The minimum Gasteiger partial charge on any atom is -0.379 e. The van der Waals surface area contributed by atoms with E-state index in [0.717, 1.165) is 12.1 Å². The van der Waals surface area contributed by atoms with Crippen molar-refractivity contribution in [3.05, 3.63) is 28.3 Å². The van der Waals surface area contributed by atoms with Gasteiger partial charge in [-0.15, -0.1) is 0 Å². The van der Waals surface area contributed by atoms with Gasteiger partial charge in [0.1, 0.15) is 0 Å². The standard InChI is InChI=1S/C11H16N4O5S/c1-11(4-5-20-7-11)14-21(18,19)10-6-8(13-12)2-3-9(10)15(16)17/h2-3,6,13-14H,4-5,7,12H2,1H3. The first-order chi connectivity index (χ1) is 9.77. The minimum atomic E-state index is -4.08. The molecule has 1 aliphatic rings. The van der Waals surface area contributed by atoms with Crippen LogP contribution in [0.2, 0.25) is 0 Å². The number of rotatable bonds is 5. The average Bonchev–Trinajstić information content (AvgIpc) is 2.83. The van der Waals surface area contributed by atoms with E-state index in [-0.39, 0.29) is 12.3 Å². The Morgan fingerprint density at radius 3 is 2.71 bits per heavy atom. The fourth-order valence-corrected chi connectivity index (χ4v) is 3.72. The summed E-state index contributed by atoms with van der Waals surface area (Å²) in [5.41, 5.74) is 1.24. The number of nitrogen functional groups attached to an aromatic ring is 1. The molecule has 1 atom stereocenters. The summed E-state index contributed by atoms with van der Waals surface area (Å²) in [5.74, 6) is 5.22. The Morgan fingerprint density at radius 1 is 1.48 bits per heavy atom. The van der Waals surface area contributed by atoms with Crippen LogP contribution in [0.25, 0.3) is 0 Å². The van der Waals surface area contributed by atoms with Crippen LogP contribution in [0.4, 0.5) is 11.4 Å². The van der Waals surface area contributed by atoms with Crippen LogP contribution in [0.15, 0.2) is 23.1 Å². The first-order valence-electron chi connectivity index (χ1n) is 6.14. The number of hydrogen-bond donors (Lipinski definition) is 3. The molecular weight excluding hydrogens is 300 g/mol. The largest absolute Gasteiger partial charge is 0.379 e. The quantitative estimate of drug-likeness (QED) is 0.404. The summed E-state index contributed by atoms with van der Waals surface area (Å²) in [6.45, 7) is 2.34. The van der Waals surface area contributed by atoms with Crippen molar-refractivity contribution in [2.24, 2.45) is 5.84 Å². The Balaban J connectivity index is 2.45. The zero-order valence-corrected chi connectivity index (χ0v) is 12.1. The van der Waals surface area contributed by atoms with Gasteiger partial charge in [0.2, 0.25) is 10.0 Å². The van der Waals surface area contributed by atoms with Crippen molar-refractivity contribution in [3.63, 3.8) is 0 Å². The van der Waals surface area contributed by atoms with E-state index < -0.39 is 31.1 Å². The average molecular weight is 316 g/mol. The van der Waals surface area contributed by atoms with Crippen molar-refractivity contribution < 1.29 is 18.1 Å². The summed E-state index contributed by atoms with van der Waals surface area (Å²) in [7, 11) is -4.08. The van der Waals surface area contributed by atoms with Gasteiger partial charge in [-0.05, 0) is 25.5 Å². The van der Waals surface area contributed by atoms with E-state index in [2.05, 4.69) is 10.1 Å². The number of ether oxygens (including phenoxy) is 1. The number of nitro groups is 1. The highest BCUT2D eigenvalue weighted by atomic mass is 32.2. The molecule has 1 aromatic rings. The van der Waals surface area contributed by atoms with Crippen molar-refractivity contribution in [3.8, 4) is 0 Å². The van der Waals surface area contributed by atoms with E-state index in [1.54, 1.807) is 6.92 Å². The van der Waals surface area contributed by atoms with Crippen LogP contribution < -0.4 is 16.0 Å². The molecule has 2 rings (SSSR count). The molecule has 0 spiro atoms. The van der Waals surface area contributed by atoms with Gasteiger partial charge in [0.25, 0.3) is 5.69 Å². The molecule has 0 bridgehead atoms. The topological polar surface area (TPSA) is 137 Å². The number of sulfonamides is 1. The molecule has 0 aliphatic carbocycles. The molecular formula is C11H16N4O5S. The van der Waals surface area contributed by atoms with Gasteiger partial charge in [0.15, 0.2) is 4.90 Å². The van der Waals surface area contributed by atoms with Crippen molar-refractivity contribution in [1.29, 1.82) is 0 Å². The van der Waals surface area contributed by atoms with E-state index in [9.17, 15) is 18.5 Å². The number of nitrogens with one attached hydrogen (secondary N) is 2. The molecule has 4 N–H and O–H groups in total. The summed E-state index contributed by atoms with van der Waals surface area (Å²) in [5, 5.41) is 11.0. The second-order valence-electron chi connectivity index (χ2n) is 5.05. The molecule has 1 heterocycles. The second kappa shape index (κ2) is 5.56. The van der Waals surface area contributed by atoms with E-state index in [1.165, 1.54) is 6.07 Å². The third-order valence-electron chi connectivity index (χ3n) is 3.21. The number of nitrogens with two attached hydrogens (primary N) is 1. The summed E-state index contributed by atoms with van der Waals surface area (Å²) in [6.07, 6.45) is 0.495. The fourth-order valence-electron chi connectivity index (χ4n) is 2.10. The maximum absolute atomic E-state index is 12.4. The number of nitro benzene ring substituents is 1. The number of anilines is 1. The van der Waals surface area contributed by atoms with Crippen molar-refractivity contribution >= 4 is 21.4 Å². The Morgan fingerprint density at radius 2 is 2.19 bits per heavy atom. The Kier molecular flexibility index (Phi) is 4.14. The van der Waals surface area contributed by atoms with Crippen LogP contribution >= 0.6 is 0 Å². The first-order valence-corrected chi connectivity index (χ1v) is 7.62. The van der Waals surface area contributed by atoms with Crippen LogP contribution in [0.3, 0.4) is 0 Å². The fraction of sp³-hybridized carbons (Fsp3) is 0.455. The normalized spacial score (nSPS) is 22.2. The van der Waals surface area contributed by atoms with Crippen molar-refractivity contribution in [2.45, 2.75) is 23.8 Å². The molecule has 1 aliphatic heterocycles. The Hall–Kier alpha value is -1.75. The van der Waals surface area contributed by atoms with E-state index in [0.29, 0.717) is 13.0 Å². The maximum atomic E-state index is 12.4. The van der Waals surface area contributed by atoms with Gasteiger partial charge in [-0.2, -0.15) is 0 Å². The van der Waals surface area contributed by atoms with Crippen molar-refractivity contribution in [1.82, 2.24) is 4.72 Å². The van der Waals surface area contributed by atoms with Gasteiger partial charge >= 0.3 is 0 Å². The van der Waals surface area contributed by atoms with Gasteiger partial charge in [-0.1, -0.05) is 0 Å². The summed E-state index contributed by atoms with van der Waals surface area (Å²) >= 11 is 0. The minimum absolute atomic E-state index is 0.217. The molecule has 116 valence electrons. The lowest BCUT2D eigenvalue weighted by Gasteiger charge is -2.23. The smallest absolute Gasteiger partial charge is 0.289 e. The highest BCUT2D eigenvalue weighted by Gasteiger charge is 2.37. The van der Waals surface area contributed by atoms with Crippen LogP contribution in [0.5, 0.6) is 0 Å². The second-order valence-corrected chi connectivity index (χ2v) is 6.70. The van der Waals surface area contributed by atoms with Gasteiger partial charge in [0.05, 0.1) is 22.8 Å². The summed E-state index contributed by atoms with van der Waals surface area (Å²) in [6, 6.07) is 3.55. The molecule has 1 unspecified atom stereocenters. The molecule has 0 amide bonds. The Labute approximate surface area is 121 Å². The zero-order chi connectivity index (χ0) is 15.7. The van der Waals surface area contributed by atoms with E-state index in [1.807, 2.05) is 0 Å². The van der Waals surface area contributed by atoms with Crippen molar-refractivity contribution in [2.75, 3.05) is 18.6 Å². The van der Waals surface area contributed by atoms with Crippen LogP contribution in [0, 0.1) is 10.1 Å². The number of hydrogen-bond acceptors (Lipinski definition) is 7. The van der Waals surface area contributed by atoms with Crippen LogP contribution in [0.1, 0.15) is 13.3 Å². The maximum Gasteiger partial charge on any atom is 0.289 e. The summed E-state index contributed by atoms with van der Waals surface area (Å²) < 4.78 is 32.5. The third-order valence-corrected chi connectivity index (χ3v) is 4.88. The lowest BCUT2D eigenvalue weighted by Crippen LogP contribution is -2.46. The highest BCUT2D eigenvalue weighted by Crippen LogP contribution is 2.29. The molecule has 0 radical (unpaired) electrons. The lowest BCUT2D eigenvalue weighted by molar-refractivity contribution is -0.387. The molecule has 0 saturated carbocycles. The van der Waals surface area contributed by atoms with Crippen LogP contribution in [-0.2, 0) is 14.8 Å². The van der Waals surface area contributed by atoms with E-state index in [4.69, 9.17) is 10.6 Å². The van der Waals surface area contributed by atoms with Gasteiger partial charge in [-0.3, -0.25) is 16.0 Å². The first kappa shape index (κ1) is 15.6. The molecule has 0 aromatic heterocycles. The SMILES string of the molecule is CC1(NS(=O)(=O)c2cc(NN)ccc2[N+](=O)[O-])CCOC1. The number of benzene rings is 1. The number of hydrazine groups is 1. The molecule has 9 nitrogen and oxygen atoms in total. The van der Waals surface area contributed by atoms with Gasteiger partial charge in [0, 0.05) is 12.7 Å².